The average Bonchev–Trinajstić information content (AvgIpc) is 3.15. The summed E-state index contributed by atoms with van der Waals surface area (Å²) in [5.74, 6) is -1.74. The van der Waals surface area contributed by atoms with E-state index in [9.17, 15) is 22.8 Å². The molecule has 2 heterocycles. The van der Waals surface area contributed by atoms with Crippen LogP contribution in [0.15, 0.2) is 53.2 Å². The van der Waals surface area contributed by atoms with E-state index >= 15 is 0 Å². The molecular formula is C18H14F3N5O3. The molecule has 0 fully saturated rings. The van der Waals surface area contributed by atoms with Crippen LogP contribution in [-0.2, 0) is 23.9 Å². The van der Waals surface area contributed by atoms with E-state index in [0.717, 1.165) is 12.1 Å². The number of nitrogens with one attached hydrogen (secondary N) is 2. The number of pyridine rings is 1. The fraction of sp³-hybridized carbons (Fsp3) is 0.167. The molecule has 0 spiro atoms. The third kappa shape index (κ3) is 5.61. The van der Waals surface area contributed by atoms with Gasteiger partial charge in [0.15, 0.2) is 5.82 Å². The third-order valence-electron chi connectivity index (χ3n) is 3.61. The summed E-state index contributed by atoms with van der Waals surface area (Å²) >= 11 is 0. The molecule has 11 heteroatoms. The number of nitrogens with zero attached hydrogens (tertiary/aromatic N) is 3. The molecule has 29 heavy (non-hydrogen) atoms. The van der Waals surface area contributed by atoms with Crippen molar-refractivity contribution in [3.05, 3.63) is 71.6 Å². The van der Waals surface area contributed by atoms with Crippen molar-refractivity contribution in [3.63, 3.8) is 0 Å². The van der Waals surface area contributed by atoms with E-state index in [-0.39, 0.29) is 30.4 Å². The number of benzene rings is 1. The lowest BCUT2D eigenvalue weighted by atomic mass is 10.2. The Labute approximate surface area is 162 Å². The van der Waals surface area contributed by atoms with Gasteiger partial charge in [-0.3, -0.25) is 14.6 Å². The van der Waals surface area contributed by atoms with E-state index in [1.54, 1.807) is 24.4 Å². The Hall–Kier alpha value is -3.76. The number of alkyl halides is 3. The number of hydrogen-bond donors (Lipinski definition) is 2. The minimum Gasteiger partial charge on any atom is -0.342 e. The summed E-state index contributed by atoms with van der Waals surface area (Å²) in [6.45, 7) is 0.146. The maximum atomic E-state index is 12.7. The number of halogens is 3. The summed E-state index contributed by atoms with van der Waals surface area (Å²) in [7, 11) is 0. The van der Waals surface area contributed by atoms with Gasteiger partial charge >= 0.3 is 18.0 Å². The second-order valence-corrected chi connectivity index (χ2v) is 5.82. The zero-order valence-electron chi connectivity index (χ0n) is 14.7. The summed E-state index contributed by atoms with van der Waals surface area (Å²) in [6, 6.07) is 9.42. The van der Waals surface area contributed by atoms with Gasteiger partial charge in [-0.05, 0) is 30.3 Å². The van der Waals surface area contributed by atoms with Gasteiger partial charge in [0, 0.05) is 11.9 Å². The first-order valence-electron chi connectivity index (χ1n) is 8.29. The van der Waals surface area contributed by atoms with Crippen LogP contribution >= 0.6 is 0 Å². The van der Waals surface area contributed by atoms with Gasteiger partial charge in [0.05, 0.1) is 24.2 Å². The molecule has 0 aliphatic heterocycles. The van der Waals surface area contributed by atoms with E-state index in [0.29, 0.717) is 5.69 Å². The normalized spacial score (nSPS) is 11.1. The molecule has 0 bridgehead atoms. The van der Waals surface area contributed by atoms with Gasteiger partial charge in [-0.1, -0.05) is 17.3 Å². The Morgan fingerprint density at radius 2 is 1.93 bits per heavy atom. The quantitative estimate of drug-likeness (QED) is 0.652. The summed E-state index contributed by atoms with van der Waals surface area (Å²) in [4.78, 5) is 31.9. The van der Waals surface area contributed by atoms with Gasteiger partial charge in [0.2, 0.25) is 5.91 Å². The van der Waals surface area contributed by atoms with Crippen molar-refractivity contribution < 1.29 is 27.3 Å². The fourth-order valence-corrected chi connectivity index (χ4v) is 2.29. The largest absolute Gasteiger partial charge is 0.416 e. The summed E-state index contributed by atoms with van der Waals surface area (Å²) < 4.78 is 43.0. The second-order valence-electron chi connectivity index (χ2n) is 5.82. The van der Waals surface area contributed by atoms with E-state index in [1.807, 2.05) is 0 Å². The Kier molecular flexibility index (Phi) is 5.86. The first-order chi connectivity index (χ1) is 13.8. The van der Waals surface area contributed by atoms with Gasteiger partial charge in [0.1, 0.15) is 0 Å². The molecular weight excluding hydrogens is 391 g/mol. The molecule has 150 valence electrons. The number of amides is 2. The van der Waals surface area contributed by atoms with Gasteiger partial charge in [-0.25, -0.2) is 0 Å². The van der Waals surface area contributed by atoms with Crippen molar-refractivity contribution in [3.8, 4) is 0 Å². The topological polar surface area (TPSA) is 110 Å². The van der Waals surface area contributed by atoms with Crippen LogP contribution in [0.5, 0.6) is 0 Å². The van der Waals surface area contributed by atoms with Crippen LogP contribution < -0.4 is 10.6 Å². The highest BCUT2D eigenvalue weighted by Gasteiger charge is 2.30. The smallest absolute Gasteiger partial charge is 0.342 e. The summed E-state index contributed by atoms with van der Waals surface area (Å²) in [6.07, 6.45) is -3.32. The highest BCUT2D eigenvalue weighted by molar-refractivity contribution is 5.92. The fourth-order valence-electron chi connectivity index (χ4n) is 2.29. The first-order valence-corrected chi connectivity index (χ1v) is 8.29. The molecule has 0 saturated heterocycles. The molecule has 0 radical (unpaired) electrons. The van der Waals surface area contributed by atoms with Crippen LogP contribution in [0, 0.1) is 0 Å². The SMILES string of the molecule is O=C(Cc1noc(C(=O)NCc2ccccn2)n1)Nc1cccc(C(F)(F)F)c1. The monoisotopic (exact) mass is 405 g/mol. The van der Waals surface area contributed by atoms with E-state index in [2.05, 4.69) is 25.8 Å². The maximum Gasteiger partial charge on any atom is 0.416 e. The van der Waals surface area contributed by atoms with Crippen molar-refractivity contribution in [2.24, 2.45) is 0 Å². The number of carbonyl (C=O) groups excluding carboxylic acids is 2. The highest BCUT2D eigenvalue weighted by Crippen LogP contribution is 2.30. The van der Waals surface area contributed by atoms with Crippen LogP contribution in [-0.4, -0.2) is 26.9 Å². The molecule has 3 rings (SSSR count). The Morgan fingerprint density at radius 1 is 1.10 bits per heavy atom. The first kappa shape index (κ1) is 20.0. The molecule has 0 atom stereocenters. The molecule has 8 nitrogen and oxygen atoms in total. The number of carbonyl (C=O) groups is 2. The minimum atomic E-state index is -4.52. The van der Waals surface area contributed by atoms with Crippen LogP contribution in [0.2, 0.25) is 0 Å². The van der Waals surface area contributed by atoms with Crippen LogP contribution in [0.3, 0.4) is 0 Å². The van der Waals surface area contributed by atoms with Gasteiger partial charge < -0.3 is 15.2 Å². The van der Waals surface area contributed by atoms with Gasteiger partial charge in [-0.2, -0.15) is 18.2 Å². The summed E-state index contributed by atoms with van der Waals surface area (Å²) in [5, 5.41) is 8.38. The Morgan fingerprint density at radius 3 is 2.66 bits per heavy atom. The lowest BCUT2D eigenvalue weighted by Gasteiger charge is -2.09. The number of rotatable bonds is 6. The Bertz CT molecular complexity index is 1010. The predicted molar refractivity (Wildman–Crippen MR) is 93.5 cm³/mol. The molecule has 0 unspecified atom stereocenters. The lowest BCUT2D eigenvalue weighted by molar-refractivity contribution is -0.137. The van der Waals surface area contributed by atoms with Crippen molar-refractivity contribution in [1.82, 2.24) is 20.4 Å². The number of hydrogen-bond acceptors (Lipinski definition) is 6. The molecule has 0 aliphatic carbocycles. The minimum absolute atomic E-state index is 0.0263. The average molecular weight is 405 g/mol. The zero-order chi connectivity index (χ0) is 20.9. The van der Waals surface area contributed by atoms with E-state index in [4.69, 9.17) is 4.52 Å². The third-order valence-corrected chi connectivity index (χ3v) is 3.61. The second kappa shape index (κ2) is 8.50. The zero-order valence-corrected chi connectivity index (χ0v) is 14.7. The molecule has 0 saturated carbocycles. The van der Waals surface area contributed by atoms with Crippen molar-refractivity contribution in [1.29, 1.82) is 0 Å². The number of anilines is 1. The number of aromatic nitrogens is 3. The molecule has 2 aromatic heterocycles. The molecule has 0 aliphatic rings. The molecule has 1 aromatic carbocycles. The van der Waals surface area contributed by atoms with Gasteiger partial charge in [-0.15, -0.1) is 0 Å². The summed E-state index contributed by atoms with van der Waals surface area (Å²) in [5.41, 5.74) is -0.288. The van der Waals surface area contributed by atoms with Crippen LogP contribution in [0.4, 0.5) is 18.9 Å². The molecule has 3 aromatic rings. The highest BCUT2D eigenvalue weighted by atomic mass is 19.4. The van der Waals surface area contributed by atoms with Crippen molar-refractivity contribution in [2.75, 3.05) is 5.32 Å². The Balaban J connectivity index is 1.55. The van der Waals surface area contributed by atoms with Crippen molar-refractivity contribution in [2.45, 2.75) is 19.1 Å². The molecule has 2 N–H and O–H groups in total. The molecule has 2 amide bonds. The maximum absolute atomic E-state index is 12.7. The van der Waals surface area contributed by atoms with Crippen LogP contribution in [0.25, 0.3) is 0 Å². The lowest BCUT2D eigenvalue weighted by Crippen LogP contribution is -2.23. The van der Waals surface area contributed by atoms with Crippen LogP contribution in [0.1, 0.15) is 27.8 Å². The van der Waals surface area contributed by atoms with E-state index < -0.39 is 23.6 Å². The van der Waals surface area contributed by atoms with E-state index in [1.165, 1.54) is 12.1 Å². The predicted octanol–water partition coefficient (Wildman–Crippen LogP) is 2.59. The van der Waals surface area contributed by atoms with Crippen molar-refractivity contribution >= 4 is 17.5 Å². The van der Waals surface area contributed by atoms with Gasteiger partial charge in [0.25, 0.3) is 0 Å². The standard InChI is InChI=1S/C18H14F3N5O3/c19-18(20,21)11-4-3-6-12(8-11)24-15(27)9-14-25-17(29-26-14)16(28)23-10-13-5-1-2-7-22-13/h1-8H,9-10H2,(H,23,28)(H,24,27).